The molecule has 0 unspecified atom stereocenters. The number of hydrogen-bond acceptors (Lipinski definition) is 4. The molecule has 14 heavy (non-hydrogen) atoms. The second-order valence-electron chi connectivity index (χ2n) is 2.38. The van der Waals surface area contributed by atoms with Crippen LogP contribution >= 0.6 is 0 Å². The predicted octanol–water partition coefficient (Wildman–Crippen LogP) is 1.57. The van der Waals surface area contributed by atoms with Gasteiger partial charge < -0.3 is 10.2 Å². The third-order valence-electron chi connectivity index (χ3n) is 1.36. The van der Waals surface area contributed by atoms with Gasteiger partial charge in [0.15, 0.2) is 11.5 Å². The van der Waals surface area contributed by atoms with E-state index in [1.165, 1.54) is 12.1 Å². The summed E-state index contributed by atoms with van der Waals surface area (Å²) in [4.78, 5) is 7.44. The summed E-state index contributed by atoms with van der Waals surface area (Å²) in [6.45, 7) is 0. The lowest BCUT2D eigenvalue weighted by Gasteiger charge is -1.91. The smallest absolute Gasteiger partial charge is 0.157 e. The van der Waals surface area contributed by atoms with E-state index in [0.29, 0.717) is 0 Å². The van der Waals surface area contributed by atoms with E-state index in [0.717, 1.165) is 0 Å². The van der Waals surface area contributed by atoms with E-state index in [4.69, 9.17) is 10.2 Å². The fourth-order valence-corrected chi connectivity index (χ4v) is 0.718. The standard InChI is InChI=1S/C6H6O2.C4H4N2/c7-5-3-1-2-4-6(5)8;1-2-6-4-3-5-1/h1-4,7-8H;1-4H. The average Bonchev–Trinajstić information content (AvgIpc) is 2.26. The number of phenols is 2. The molecule has 1 aromatic carbocycles. The molecule has 1 heterocycles. The fourth-order valence-electron chi connectivity index (χ4n) is 0.718. The van der Waals surface area contributed by atoms with Crippen LogP contribution in [0.3, 0.4) is 0 Å². The molecule has 0 saturated heterocycles. The number of aromatic hydroxyl groups is 2. The Kier molecular flexibility index (Phi) is 3.94. The number of hydrogen-bond donors (Lipinski definition) is 2. The quantitative estimate of drug-likeness (QED) is 0.619. The molecule has 0 aliphatic rings. The highest BCUT2D eigenvalue weighted by Gasteiger charge is 1.90. The number of benzene rings is 1. The number of nitrogens with zero attached hydrogens (tertiary/aromatic N) is 2. The second kappa shape index (κ2) is 5.53. The molecular formula is C10H10N2O2. The van der Waals surface area contributed by atoms with Crippen molar-refractivity contribution in [3.8, 4) is 11.5 Å². The van der Waals surface area contributed by atoms with Crippen LogP contribution in [-0.2, 0) is 0 Å². The van der Waals surface area contributed by atoms with Crippen LogP contribution in [0.4, 0.5) is 0 Å². The molecule has 2 rings (SSSR count). The Morgan fingerprint density at radius 2 is 1.07 bits per heavy atom. The Balaban J connectivity index is 0.000000146. The van der Waals surface area contributed by atoms with Gasteiger partial charge in [-0.15, -0.1) is 0 Å². The summed E-state index contributed by atoms with van der Waals surface area (Å²) in [6.07, 6.45) is 6.56. The molecule has 4 nitrogen and oxygen atoms in total. The van der Waals surface area contributed by atoms with Gasteiger partial charge in [-0.05, 0) is 12.1 Å². The van der Waals surface area contributed by atoms with Crippen LogP contribution in [-0.4, -0.2) is 20.2 Å². The monoisotopic (exact) mass is 190 g/mol. The largest absolute Gasteiger partial charge is 0.504 e. The zero-order valence-corrected chi connectivity index (χ0v) is 7.41. The van der Waals surface area contributed by atoms with Gasteiger partial charge in [-0.1, -0.05) is 12.1 Å². The normalized spacial score (nSPS) is 8.57. The fraction of sp³-hybridized carbons (Fsp3) is 0. The maximum atomic E-state index is 8.67. The molecule has 0 amide bonds. The van der Waals surface area contributed by atoms with Crippen molar-refractivity contribution in [2.24, 2.45) is 0 Å². The van der Waals surface area contributed by atoms with E-state index in [-0.39, 0.29) is 11.5 Å². The van der Waals surface area contributed by atoms with Crippen LogP contribution in [0.5, 0.6) is 11.5 Å². The van der Waals surface area contributed by atoms with Gasteiger partial charge in [0, 0.05) is 24.8 Å². The van der Waals surface area contributed by atoms with Crippen LogP contribution < -0.4 is 0 Å². The van der Waals surface area contributed by atoms with Crippen LogP contribution in [0.15, 0.2) is 49.1 Å². The number of para-hydroxylation sites is 2. The van der Waals surface area contributed by atoms with Gasteiger partial charge in [0.2, 0.25) is 0 Å². The van der Waals surface area contributed by atoms with Crippen molar-refractivity contribution in [1.82, 2.24) is 9.97 Å². The zero-order valence-electron chi connectivity index (χ0n) is 7.41. The Hall–Kier alpha value is -2.10. The molecule has 0 bridgehead atoms. The Labute approximate surface area is 81.5 Å². The molecule has 4 heteroatoms. The first-order valence-corrected chi connectivity index (χ1v) is 3.97. The van der Waals surface area contributed by atoms with Crippen molar-refractivity contribution >= 4 is 0 Å². The van der Waals surface area contributed by atoms with Crippen molar-refractivity contribution in [3.05, 3.63) is 49.1 Å². The number of phenolic OH excluding ortho intramolecular Hbond substituents is 2. The molecule has 0 saturated carbocycles. The van der Waals surface area contributed by atoms with Crippen molar-refractivity contribution in [2.75, 3.05) is 0 Å². The first-order valence-electron chi connectivity index (χ1n) is 3.97. The van der Waals surface area contributed by atoms with E-state index in [2.05, 4.69) is 9.97 Å². The molecular weight excluding hydrogens is 180 g/mol. The van der Waals surface area contributed by atoms with Crippen LogP contribution in [0.2, 0.25) is 0 Å². The lowest BCUT2D eigenvalue weighted by atomic mass is 10.3. The SMILES string of the molecule is Oc1ccccc1O.c1cnccn1. The molecule has 0 fully saturated rings. The van der Waals surface area contributed by atoms with Gasteiger partial charge >= 0.3 is 0 Å². The summed E-state index contributed by atoms with van der Waals surface area (Å²) in [7, 11) is 0. The Bertz CT molecular complexity index is 318. The minimum atomic E-state index is -0.0764. The summed E-state index contributed by atoms with van der Waals surface area (Å²) in [5.41, 5.74) is 0. The van der Waals surface area contributed by atoms with E-state index in [1.54, 1.807) is 36.9 Å². The van der Waals surface area contributed by atoms with Gasteiger partial charge in [0.25, 0.3) is 0 Å². The highest BCUT2D eigenvalue weighted by Crippen LogP contribution is 2.21. The average molecular weight is 190 g/mol. The minimum Gasteiger partial charge on any atom is -0.504 e. The van der Waals surface area contributed by atoms with Gasteiger partial charge in [0.05, 0.1) is 0 Å². The van der Waals surface area contributed by atoms with Crippen LogP contribution in [0.1, 0.15) is 0 Å². The maximum absolute atomic E-state index is 8.67. The van der Waals surface area contributed by atoms with E-state index in [9.17, 15) is 0 Å². The molecule has 1 aromatic heterocycles. The van der Waals surface area contributed by atoms with Gasteiger partial charge in [-0.2, -0.15) is 0 Å². The van der Waals surface area contributed by atoms with Crippen molar-refractivity contribution in [1.29, 1.82) is 0 Å². The first-order chi connectivity index (χ1) is 6.80. The molecule has 0 aliphatic heterocycles. The predicted molar refractivity (Wildman–Crippen MR) is 51.8 cm³/mol. The molecule has 72 valence electrons. The van der Waals surface area contributed by atoms with Gasteiger partial charge in [0.1, 0.15) is 0 Å². The molecule has 0 aliphatic carbocycles. The summed E-state index contributed by atoms with van der Waals surface area (Å²) in [5, 5.41) is 17.3. The van der Waals surface area contributed by atoms with E-state index >= 15 is 0 Å². The zero-order chi connectivity index (χ0) is 10.2. The second-order valence-corrected chi connectivity index (χ2v) is 2.38. The Morgan fingerprint density at radius 1 is 0.714 bits per heavy atom. The number of aromatic nitrogens is 2. The molecule has 2 aromatic rings. The third kappa shape index (κ3) is 3.53. The lowest BCUT2D eigenvalue weighted by Crippen LogP contribution is -1.66. The summed E-state index contributed by atoms with van der Waals surface area (Å²) >= 11 is 0. The topological polar surface area (TPSA) is 66.2 Å². The molecule has 0 spiro atoms. The first kappa shape index (κ1) is 9.98. The minimum absolute atomic E-state index is 0.0764. The van der Waals surface area contributed by atoms with Crippen LogP contribution in [0.25, 0.3) is 0 Å². The van der Waals surface area contributed by atoms with Crippen molar-refractivity contribution < 1.29 is 10.2 Å². The van der Waals surface area contributed by atoms with Crippen LogP contribution in [0, 0.1) is 0 Å². The van der Waals surface area contributed by atoms with Gasteiger partial charge in [-0.25, -0.2) is 0 Å². The Morgan fingerprint density at radius 3 is 1.29 bits per heavy atom. The van der Waals surface area contributed by atoms with Crippen molar-refractivity contribution in [3.63, 3.8) is 0 Å². The maximum Gasteiger partial charge on any atom is 0.157 e. The lowest BCUT2D eigenvalue weighted by molar-refractivity contribution is 0.404. The molecule has 2 N–H and O–H groups in total. The van der Waals surface area contributed by atoms with E-state index < -0.39 is 0 Å². The number of rotatable bonds is 0. The van der Waals surface area contributed by atoms with Crippen molar-refractivity contribution in [2.45, 2.75) is 0 Å². The highest BCUT2D eigenvalue weighted by atomic mass is 16.3. The summed E-state index contributed by atoms with van der Waals surface area (Å²) < 4.78 is 0. The molecule has 0 atom stereocenters. The third-order valence-corrected chi connectivity index (χ3v) is 1.36. The van der Waals surface area contributed by atoms with E-state index in [1.807, 2.05) is 0 Å². The highest BCUT2D eigenvalue weighted by molar-refractivity contribution is 5.36. The summed E-state index contributed by atoms with van der Waals surface area (Å²) in [6, 6.07) is 6.15. The summed E-state index contributed by atoms with van der Waals surface area (Å²) in [5.74, 6) is -0.153. The molecule has 0 radical (unpaired) electrons. The van der Waals surface area contributed by atoms with Gasteiger partial charge in [-0.3, -0.25) is 9.97 Å².